The largest absolute Gasteiger partial charge is 0.444 e. The van der Waals surface area contributed by atoms with Crippen LogP contribution in [0.4, 0.5) is 10.7 Å². The molecular weight excluding hydrogens is 492 g/mol. The zero-order chi connectivity index (χ0) is 27.0. The topological polar surface area (TPSA) is 120 Å². The number of ether oxygens (including phenoxy) is 4. The average Bonchev–Trinajstić information content (AvgIpc) is 3.21. The number of hydrogen-bond donors (Lipinski definition) is 0. The van der Waals surface area contributed by atoms with E-state index < -0.39 is 28.7 Å². The molecule has 38 heavy (non-hydrogen) atoms. The SMILES string of the molecule is CC(C)(C)OC(=O)N1CCCN(c2nccc(C(=O)C3OCCC4(CCCCC45OCCO5)C3=O)n2)CC1. The summed E-state index contributed by atoms with van der Waals surface area (Å²) < 4.78 is 23.4. The van der Waals surface area contributed by atoms with Gasteiger partial charge in [-0.2, -0.15) is 0 Å². The summed E-state index contributed by atoms with van der Waals surface area (Å²) in [5, 5.41) is 0. The number of Topliss-reactive ketones (excluding diaryl/α,β-unsaturated/α-hetero) is 2. The van der Waals surface area contributed by atoms with Crippen LogP contribution >= 0.6 is 0 Å². The zero-order valence-corrected chi connectivity index (χ0v) is 22.6. The number of carbonyl (C=O) groups is 3. The highest BCUT2D eigenvalue weighted by Gasteiger charge is 2.64. The molecule has 5 rings (SSSR count). The van der Waals surface area contributed by atoms with E-state index in [0.717, 1.165) is 12.8 Å². The van der Waals surface area contributed by atoms with Crippen LogP contribution in [-0.4, -0.2) is 96.0 Å². The van der Waals surface area contributed by atoms with Crippen molar-refractivity contribution in [2.24, 2.45) is 5.41 Å². The van der Waals surface area contributed by atoms with E-state index in [1.165, 1.54) is 12.3 Å². The minimum atomic E-state index is -1.25. The van der Waals surface area contributed by atoms with E-state index >= 15 is 0 Å². The van der Waals surface area contributed by atoms with Gasteiger partial charge >= 0.3 is 6.09 Å². The lowest BCUT2D eigenvalue weighted by Crippen LogP contribution is -2.62. The number of amides is 1. The quantitative estimate of drug-likeness (QED) is 0.426. The standard InChI is InChI=1S/C27H38N4O7/c1-25(2,3)38-24(34)31-13-6-12-30(14-15-31)23-28-11-7-19(29-23)20(32)21-22(33)26(10-16-35-21)8-4-5-9-27(26)36-17-18-37-27/h7,11,21H,4-6,8-10,12-18H2,1-3H3. The van der Waals surface area contributed by atoms with Crippen LogP contribution in [0.2, 0.25) is 0 Å². The van der Waals surface area contributed by atoms with Gasteiger partial charge in [0.1, 0.15) is 11.3 Å². The summed E-state index contributed by atoms with van der Waals surface area (Å²) in [7, 11) is 0. The Bertz CT molecular complexity index is 1060. The van der Waals surface area contributed by atoms with Gasteiger partial charge in [-0.3, -0.25) is 9.59 Å². The second-order valence-corrected chi connectivity index (χ2v) is 11.5. The molecule has 3 saturated heterocycles. The van der Waals surface area contributed by atoms with E-state index in [-0.39, 0.29) is 24.2 Å². The first-order chi connectivity index (χ1) is 18.1. The van der Waals surface area contributed by atoms with Crippen LogP contribution in [0.15, 0.2) is 12.3 Å². The van der Waals surface area contributed by atoms with Gasteiger partial charge in [0.15, 0.2) is 17.7 Å². The number of anilines is 1. The number of aromatic nitrogens is 2. The van der Waals surface area contributed by atoms with Crippen molar-refractivity contribution >= 4 is 23.6 Å². The molecule has 1 saturated carbocycles. The van der Waals surface area contributed by atoms with Crippen molar-refractivity contribution < 1.29 is 33.3 Å². The van der Waals surface area contributed by atoms with Crippen LogP contribution in [0.3, 0.4) is 0 Å². The Morgan fingerprint density at radius 1 is 1.00 bits per heavy atom. The summed E-state index contributed by atoms with van der Waals surface area (Å²) in [6, 6.07) is 1.52. The number of nitrogens with zero attached hydrogens (tertiary/aromatic N) is 4. The van der Waals surface area contributed by atoms with E-state index in [1.807, 2.05) is 25.7 Å². The van der Waals surface area contributed by atoms with E-state index in [9.17, 15) is 14.4 Å². The normalized spacial score (nSPS) is 28.0. The highest BCUT2D eigenvalue weighted by molar-refractivity contribution is 6.14. The predicted molar refractivity (Wildman–Crippen MR) is 136 cm³/mol. The minimum absolute atomic E-state index is 0.136. The van der Waals surface area contributed by atoms with Crippen molar-refractivity contribution in [2.75, 3.05) is 50.9 Å². The molecule has 0 N–H and O–H groups in total. The highest BCUT2D eigenvalue weighted by atomic mass is 16.7. The third-order valence-corrected chi connectivity index (χ3v) is 7.93. The van der Waals surface area contributed by atoms with E-state index in [4.69, 9.17) is 18.9 Å². The molecule has 1 aromatic heterocycles. The Kier molecular flexibility index (Phi) is 7.45. The van der Waals surface area contributed by atoms with Gasteiger partial charge in [-0.1, -0.05) is 6.42 Å². The summed E-state index contributed by atoms with van der Waals surface area (Å²) in [5.74, 6) is -1.32. The van der Waals surface area contributed by atoms with Gasteiger partial charge < -0.3 is 28.7 Å². The van der Waals surface area contributed by atoms with Gasteiger partial charge in [0.05, 0.1) is 18.6 Å². The van der Waals surface area contributed by atoms with Crippen molar-refractivity contribution in [1.29, 1.82) is 0 Å². The molecule has 0 aromatic carbocycles. The molecule has 11 nitrogen and oxygen atoms in total. The van der Waals surface area contributed by atoms with Crippen molar-refractivity contribution in [2.45, 2.75) is 76.8 Å². The van der Waals surface area contributed by atoms with Gasteiger partial charge in [-0.15, -0.1) is 0 Å². The Balaban J connectivity index is 1.30. The fourth-order valence-electron chi connectivity index (χ4n) is 6.11. The molecule has 11 heteroatoms. The Morgan fingerprint density at radius 2 is 1.76 bits per heavy atom. The van der Waals surface area contributed by atoms with Gasteiger partial charge in [-0.25, -0.2) is 14.8 Å². The van der Waals surface area contributed by atoms with Crippen LogP contribution in [0.5, 0.6) is 0 Å². The second-order valence-electron chi connectivity index (χ2n) is 11.5. The first-order valence-corrected chi connectivity index (χ1v) is 13.7. The predicted octanol–water partition coefficient (Wildman–Crippen LogP) is 2.77. The van der Waals surface area contributed by atoms with Gasteiger partial charge in [-0.05, 0) is 52.5 Å². The lowest BCUT2D eigenvalue weighted by Gasteiger charge is -2.51. The molecule has 0 bridgehead atoms. The fourth-order valence-corrected chi connectivity index (χ4v) is 6.11. The molecule has 1 aromatic rings. The second kappa shape index (κ2) is 10.5. The Hall–Kier alpha value is -2.63. The molecule has 4 heterocycles. The molecule has 4 fully saturated rings. The lowest BCUT2D eigenvalue weighted by atomic mass is 9.62. The van der Waals surface area contributed by atoms with Gasteiger partial charge in [0.2, 0.25) is 11.7 Å². The van der Waals surface area contributed by atoms with E-state index in [0.29, 0.717) is 71.0 Å². The van der Waals surface area contributed by atoms with Crippen molar-refractivity contribution in [3.63, 3.8) is 0 Å². The maximum Gasteiger partial charge on any atom is 0.410 e. The Labute approximate surface area is 223 Å². The first kappa shape index (κ1) is 27.0. The van der Waals surface area contributed by atoms with Crippen molar-refractivity contribution in [3.05, 3.63) is 18.0 Å². The Morgan fingerprint density at radius 3 is 2.53 bits per heavy atom. The molecule has 0 radical (unpaired) electrons. The number of fused-ring (bicyclic) bond motifs is 1. The average molecular weight is 531 g/mol. The molecule has 1 amide bonds. The molecule has 4 aliphatic rings. The maximum absolute atomic E-state index is 13.9. The summed E-state index contributed by atoms with van der Waals surface area (Å²) in [6.07, 6.45) is 4.19. The molecule has 2 atom stereocenters. The molecule has 2 unspecified atom stereocenters. The maximum atomic E-state index is 13.9. The van der Waals surface area contributed by atoms with Crippen LogP contribution < -0.4 is 4.90 Å². The monoisotopic (exact) mass is 530 g/mol. The summed E-state index contributed by atoms with van der Waals surface area (Å²) in [4.78, 5) is 52.6. The third kappa shape index (κ3) is 5.03. The lowest BCUT2D eigenvalue weighted by molar-refractivity contribution is -0.262. The van der Waals surface area contributed by atoms with Crippen LogP contribution in [0.25, 0.3) is 0 Å². The highest BCUT2D eigenvalue weighted by Crippen LogP contribution is 2.54. The molecule has 1 aliphatic carbocycles. The van der Waals surface area contributed by atoms with E-state index in [2.05, 4.69) is 9.97 Å². The zero-order valence-electron chi connectivity index (χ0n) is 22.6. The van der Waals surface area contributed by atoms with Crippen molar-refractivity contribution in [1.82, 2.24) is 14.9 Å². The van der Waals surface area contributed by atoms with Gasteiger partial charge in [0, 0.05) is 45.4 Å². The van der Waals surface area contributed by atoms with Crippen LogP contribution in [0.1, 0.15) is 69.8 Å². The third-order valence-electron chi connectivity index (χ3n) is 7.93. The molecule has 2 spiro atoms. The minimum Gasteiger partial charge on any atom is -0.444 e. The molecule has 208 valence electrons. The van der Waals surface area contributed by atoms with Crippen LogP contribution in [0, 0.1) is 5.41 Å². The smallest absolute Gasteiger partial charge is 0.410 e. The summed E-state index contributed by atoms with van der Waals surface area (Å²) in [6.45, 7) is 8.83. The number of hydrogen-bond acceptors (Lipinski definition) is 10. The summed E-state index contributed by atoms with van der Waals surface area (Å²) >= 11 is 0. The fraction of sp³-hybridized carbons (Fsp3) is 0.741. The summed E-state index contributed by atoms with van der Waals surface area (Å²) in [5.41, 5.74) is -1.31. The number of rotatable bonds is 3. The number of carbonyl (C=O) groups excluding carboxylic acids is 3. The van der Waals surface area contributed by atoms with Crippen LogP contribution in [-0.2, 0) is 23.7 Å². The van der Waals surface area contributed by atoms with E-state index in [1.54, 1.807) is 4.90 Å². The van der Waals surface area contributed by atoms with Gasteiger partial charge in [0.25, 0.3) is 0 Å². The molecule has 3 aliphatic heterocycles. The number of ketones is 2. The van der Waals surface area contributed by atoms with Crippen molar-refractivity contribution in [3.8, 4) is 0 Å². The first-order valence-electron chi connectivity index (χ1n) is 13.7. The molecular formula is C27H38N4O7.